The summed E-state index contributed by atoms with van der Waals surface area (Å²) < 4.78 is 4.41. The van der Waals surface area contributed by atoms with Gasteiger partial charge < -0.3 is 9.84 Å². The number of ether oxygens (including phenoxy) is 1. The van der Waals surface area contributed by atoms with E-state index in [-0.39, 0.29) is 0 Å². The van der Waals surface area contributed by atoms with Crippen LogP contribution in [0.5, 0.6) is 0 Å². The Bertz CT molecular complexity index is 164. The van der Waals surface area contributed by atoms with Crippen molar-refractivity contribution in [3.63, 3.8) is 0 Å². The van der Waals surface area contributed by atoms with E-state index in [9.17, 15) is 9.90 Å². The first kappa shape index (κ1) is 7.28. The first-order chi connectivity index (χ1) is 4.69. The first-order valence-electron chi connectivity index (χ1n) is 3.15. The lowest BCUT2D eigenvalue weighted by atomic mass is 10.0. The Morgan fingerprint density at radius 2 is 2.10 bits per heavy atom. The Labute approximate surface area is 59.3 Å². The lowest BCUT2D eigenvalue weighted by molar-refractivity contribution is -0.160. The minimum absolute atomic E-state index is 0.375. The maximum atomic E-state index is 10.8. The molecule has 0 atom stereocenters. The van der Waals surface area contributed by atoms with Crippen molar-refractivity contribution in [2.75, 3.05) is 7.11 Å². The summed E-state index contributed by atoms with van der Waals surface area (Å²) in [5.41, 5.74) is -1.27. The van der Waals surface area contributed by atoms with Gasteiger partial charge in [0.15, 0.2) is 5.60 Å². The molecule has 0 saturated heterocycles. The van der Waals surface area contributed by atoms with Crippen molar-refractivity contribution < 1.29 is 14.6 Å². The van der Waals surface area contributed by atoms with E-state index in [1.54, 1.807) is 12.2 Å². The number of aliphatic hydroxyl groups is 1. The highest BCUT2D eigenvalue weighted by atomic mass is 16.5. The Morgan fingerprint density at radius 1 is 1.60 bits per heavy atom. The molecule has 0 aliphatic heterocycles. The van der Waals surface area contributed by atoms with E-state index >= 15 is 0 Å². The van der Waals surface area contributed by atoms with E-state index in [0.29, 0.717) is 12.8 Å². The zero-order chi connectivity index (χ0) is 7.61. The number of carbonyl (C=O) groups excluding carboxylic acids is 1. The predicted octanol–water partition coefficient (Wildman–Crippen LogP) is 0.240. The molecule has 3 heteroatoms. The van der Waals surface area contributed by atoms with Gasteiger partial charge in [-0.05, 0) is 0 Å². The average molecular weight is 142 g/mol. The zero-order valence-corrected chi connectivity index (χ0v) is 5.83. The normalized spacial score (nSPS) is 21.0. The van der Waals surface area contributed by atoms with Gasteiger partial charge in [-0.3, -0.25) is 0 Å². The fourth-order valence-corrected chi connectivity index (χ4v) is 0.997. The molecule has 0 heterocycles. The van der Waals surface area contributed by atoms with Crippen LogP contribution in [0.1, 0.15) is 12.8 Å². The lowest BCUT2D eigenvalue weighted by Gasteiger charge is -2.17. The summed E-state index contributed by atoms with van der Waals surface area (Å²) in [6, 6.07) is 0. The van der Waals surface area contributed by atoms with Crippen LogP contribution in [0.15, 0.2) is 12.2 Å². The van der Waals surface area contributed by atoms with Gasteiger partial charge in [0.1, 0.15) is 0 Å². The first-order valence-corrected chi connectivity index (χ1v) is 3.15. The number of esters is 1. The maximum Gasteiger partial charge on any atom is 0.338 e. The molecule has 0 unspecified atom stereocenters. The average Bonchev–Trinajstić information content (AvgIpc) is 2.36. The third-order valence-electron chi connectivity index (χ3n) is 1.64. The van der Waals surface area contributed by atoms with Crippen molar-refractivity contribution in [2.24, 2.45) is 0 Å². The van der Waals surface area contributed by atoms with E-state index in [2.05, 4.69) is 4.74 Å². The number of hydrogen-bond acceptors (Lipinski definition) is 3. The number of hydrogen-bond donors (Lipinski definition) is 1. The van der Waals surface area contributed by atoms with Gasteiger partial charge in [0.25, 0.3) is 0 Å². The minimum Gasteiger partial charge on any atom is -0.467 e. The lowest BCUT2D eigenvalue weighted by Crippen LogP contribution is -2.36. The van der Waals surface area contributed by atoms with Crippen LogP contribution in [0.3, 0.4) is 0 Å². The van der Waals surface area contributed by atoms with Gasteiger partial charge in [0, 0.05) is 12.8 Å². The van der Waals surface area contributed by atoms with Crippen LogP contribution in [0, 0.1) is 0 Å². The summed E-state index contributed by atoms with van der Waals surface area (Å²) in [5.74, 6) is -0.544. The van der Waals surface area contributed by atoms with E-state index in [1.807, 2.05) is 0 Å². The molecule has 0 aromatic rings. The van der Waals surface area contributed by atoms with Gasteiger partial charge in [-0.25, -0.2) is 4.79 Å². The molecule has 1 aliphatic carbocycles. The van der Waals surface area contributed by atoms with E-state index in [1.165, 1.54) is 7.11 Å². The third kappa shape index (κ3) is 1.04. The quantitative estimate of drug-likeness (QED) is 0.421. The van der Waals surface area contributed by atoms with Crippen molar-refractivity contribution in [3.8, 4) is 0 Å². The maximum absolute atomic E-state index is 10.8. The van der Waals surface area contributed by atoms with Crippen LogP contribution in [0.4, 0.5) is 0 Å². The van der Waals surface area contributed by atoms with Gasteiger partial charge in [-0.2, -0.15) is 0 Å². The van der Waals surface area contributed by atoms with E-state index in [0.717, 1.165) is 0 Å². The molecule has 0 spiro atoms. The second kappa shape index (κ2) is 2.42. The molecular formula is C7H10O3. The Hall–Kier alpha value is -0.830. The fourth-order valence-electron chi connectivity index (χ4n) is 0.997. The number of methoxy groups -OCH3 is 1. The van der Waals surface area contributed by atoms with E-state index in [4.69, 9.17) is 0 Å². The van der Waals surface area contributed by atoms with Gasteiger partial charge in [-0.15, -0.1) is 0 Å². The molecule has 1 N–H and O–H groups in total. The molecule has 1 rings (SSSR count). The summed E-state index contributed by atoms with van der Waals surface area (Å²) in [4.78, 5) is 10.8. The number of rotatable bonds is 1. The van der Waals surface area contributed by atoms with Crippen LogP contribution in [-0.2, 0) is 9.53 Å². The molecule has 0 fully saturated rings. The molecule has 10 heavy (non-hydrogen) atoms. The zero-order valence-electron chi connectivity index (χ0n) is 5.83. The smallest absolute Gasteiger partial charge is 0.338 e. The van der Waals surface area contributed by atoms with Gasteiger partial charge in [0.2, 0.25) is 0 Å². The van der Waals surface area contributed by atoms with Gasteiger partial charge in [0.05, 0.1) is 7.11 Å². The second-order valence-corrected chi connectivity index (χ2v) is 2.40. The highest BCUT2D eigenvalue weighted by Crippen LogP contribution is 2.24. The molecule has 3 nitrogen and oxygen atoms in total. The summed E-state index contributed by atoms with van der Waals surface area (Å²) in [6.07, 6.45) is 4.30. The molecule has 0 aromatic heterocycles. The highest BCUT2D eigenvalue weighted by molar-refractivity contribution is 5.80. The van der Waals surface area contributed by atoms with Crippen molar-refractivity contribution >= 4 is 5.97 Å². The van der Waals surface area contributed by atoms with Crippen molar-refractivity contribution in [3.05, 3.63) is 12.2 Å². The molecule has 0 aromatic carbocycles. The topological polar surface area (TPSA) is 46.5 Å². The van der Waals surface area contributed by atoms with Crippen LogP contribution < -0.4 is 0 Å². The van der Waals surface area contributed by atoms with Gasteiger partial charge in [-0.1, -0.05) is 12.2 Å². The Balaban J connectivity index is 2.61. The summed E-state index contributed by atoms with van der Waals surface area (Å²) in [6.45, 7) is 0. The fraction of sp³-hybridized carbons (Fsp3) is 0.571. The Kier molecular flexibility index (Phi) is 1.76. The second-order valence-electron chi connectivity index (χ2n) is 2.40. The monoisotopic (exact) mass is 142 g/mol. The summed E-state index contributed by atoms with van der Waals surface area (Å²) in [7, 11) is 1.28. The summed E-state index contributed by atoms with van der Waals surface area (Å²) in [5, 5.41) is 9.42. The summed E-state index contributed by atoms with van der Waals surface area (Å²) >= 11 is 0. The van der Waals surface area contributed by atoms with Crippen molar-refractivity contribution in [2.45, 2.75) is 18.4 Å². The molecule has 0 amide bonds. The van der Waals surface area contributed by atoms with Crippen molar-refractivity contribution in [1.29, 1.82) is 0 Å². The van der Waals surface area contributed by atoms with E-state index < -0.39 is 11.6 Å². The predicted molar refractivity (Wildman–Crippen MR) is 35.3 cm³/mol. The molecule has 0 saturated carbocycles. The van der Waals surface area contributed by atoms with Crippen LogP contribution in [-0.4, -0.2) is 23.8 Å². The number of carbonyl (C=O) groups is 1. The highest BCUT2D eigenvalue weighted by Gasteiger charge is 2.37. The minimum atomic E-state index is -1.27. The van der Waals surface area contributed by atoms with Crippen LogP contribution in [0.2, 0.25) is 0 Å². The van der Waals surface area contributed by atoms with Crippen molar-refractivity contribution in [1.82, 2.24) is 0 Å². The molecule has 1 aliphatic rings. The molecule has 0 bridgehead atoms. The third-order valence-corrected chi connectivity index (χ3v) is 1.64. The molecule has 0 radical (unpaired) electrons. The van der Waals surface area contributed by atoms with Gasteiger partial charge >= 0.3 is 5.97 Å². The Morgan fingerprint density at radius 3 is 2.50 bits per heavy atom. The van der Waals surface area contributed by atoms with Crippen LogP contribution >= 0.6 is 0 Å². The SMILES string of the molecule is COC(=O)C1(O)CC=CC1. The van der Waals surface area contributed by atoms with Crippen LogP contribution in [0.25, 0.3) is 0 Å². The largest absolute Gasteiger partial charge is 0.467 e. The molecular weight excluding hydrogens is 132 g/mol. The standard InChI is InChI=1S/C7H10O3/c1-10-6(8)7(9)4-2-3-5-7/h2-3,9H,4-5H2,1H3. The molecule has 56 valence electrons.